The van der Waals surface area contributed by atoms with Crippen LogP contribution in [-0.2, 0) is 17.6 Å². The summed E-state index contributed by atoms with van der Waals surface area (Å²) in [5, 5.41) is 6.05. The molecule has 0 saturated carbocycles. The molecule has 0 spiro atoms. The van der Waals surface area contributed by atoms with E-state index in [1.54, 1.807) is 11.3 Å². The van der Waals surface area contributed by atoms with E-state index < -0.39 is 0 Å². The highest BCUT2D eigenvalue weighted by molar-refractivity contribution is 7.15. The number of aryl methyl sites for hydroxylation is 2. The molecule has 3 amide bonds. The highest BCUT2D eigenvalue weighted by atomic mass is 32.1. The van der Waals surface area contributed by atoms with Crippen LogP contribution < -0.4 is 10.6 Å². The number of fused-ring (bicyclic) bond motifs is 1. The lowest BCUT2D eigenvalue weighted by Crippen LogP contribution is -2.43. The molecule has 0 atom stereocenters. The molecule has 1 aliphatic carbocycles. The van der Waals surface area contributed by atoms with Gasteiger partial charge in [-0.1, -0.05) is 6.42 Å². The number of urea groups is 1. The first-order chi connectivity index (χ1) is 11.2. The summed E-state index contributed by atoms with van der Waals surface area (Å²) in [7, 11) is 0. The Balaban J connectivity index is 1.46. The second-order valence-electron chi connectivity index (χ2n) is 6.20. The summed E-state index contributed by atoms with van der Waals surface area (Å²) >= 11 is 1.56. The molecule has 6 nitrogen and oxygen atoms in total. The number of carbonyl (C=O) groups is 2. The SMILES string of the molecule is O=C(NCC(=O)N1CCCCC1)Nc1nc2c(s1)CCCCC2. The van der Waals surface area contributed by atoms with Gasteiger partial charge in [-0.25, -0.2) is 9.78 Å². The van der Waals surface area contributed by atoms with Gasteiger partial charge in [0.2, 0.25) is 5.91 Å². The van der Waals surface area contributed by atoms with Gasteiger partial charge in [0.05, 0.1) is 12.2 Å². The molecular weight excluding hydrogens is 312 g/mol. The van der Waals surface area contributed by atoms with E-state index in [1.165, 1.54) is 30.6 Å². The summed E-state index contributed by atoms with van der Waals surface area (Å²) in [4.78, 5) is 31.6. The number of likely N-dealkylation sites (tertiary alicyclic amines) is 1. The van der Waals surface area contributed by atoms with Gasteiger partial charge in [0.1, 0.15) is 0 Å². The predicted molar refractivity (Wildman–Crippen MR) is 90.8 cm³/mol. The second-order valence-corrected chi connectivity index (χ2v) is 7.28. The highest BCUT2D eigenvalue weighted by Gasteiger charge is 2.18. The summed E-state index contributed by atoms with van der Waals surface area (Å²) in [6, 6.07) is -0.348. The highest BCUT2D eigenvalue weighted by Crippen LogP contribution is 2.28. The van der Waals surface area contributed by atoms with Crippen LogP contribution in [0.25, 0.3) is 0 Å². The maximum atomic E-state index is 12.0. The molecular formula is C16H24N4O2S. The van der Waals surface area contributed by atoms with Gasteiger partial charge in [-0.05, 0) is 44.9 Å². The average molecular weight is 336 g/mol. The number of nitrogens with zero attached hydrogens (tertiary/aromatic N) is 2. The van der Waals surface area contributed by atoms with Crippen LogP contribution in [0.15, 0.2) is 0 Å². The Morgan fingerprint density at radius 2 is 1.78 bits per heavy atom. The van der Waals surface area contributed by atoms with Crippen LogP contribution in [0.1, 0.15) is 49.1 Å². The standard InChI is InChI=1S/C16H24N4O2S/c21-14(20-9-5-2-6-10-20)11-17-15(22)19-16-18-12-7-3-1-4-8-13(12)23-16/h1-11H2,(H2,17,18,19,22). The Bertz CT molecular complexity index is 543. The van der Waals surface area contributed by atoms with Crippen LogP contribution >= 0.6 is 11.3 Å². The van der Waals surface area contributed by atoms with E-state index >= 15 is 0 Å². The first-order valence-corrected chi connectivity index (χ1v) is 9.35. The second kappa shape index (κ2) is 7.77. The van der Waals surface area contributed by atoms with Crippen molar-refractivity contribution in [3.63, 3.8) is 0 Å². The normalized spacial score (nSPS) is 18.0. The third-order valence-electron chi connectivity index (χ3n) is 4.43. The Morgan fingerprint density at radius 3 is 2.61 bits per heavy atom. The third-order valence-corrected chi connectivity index (χ3v) is 5.50. The van der Waals surface area contributed by atoms with Crippen molar-refractivity contribution in [1.29, 1.82) is 0 Å². The van der Waals surface area contributed by atoms with Crippen molar-refractivity contribution in [2.75, 3.05) is 25.0 Å². The van der Waals surface area contributed by atoms with Crippen LogP contribution in [-0.4, -0.2) is 41.5 Å². The van der Waals surface area contributed by atoms with Crippen molar-refractivity contribution in [1.82, 2.24) is 15.2 Å². The van der Waals surface area contributed by atoms with E-state index in [4.69, 9.17) is 0 Å². The number of hydrogen-bond donors (Lipinski definition) is 2. The number of carbonyl (C=O) groups excluding carboxylic acids is 2. The summed E-state index contributed by atoms with van der Waals surface area (Å²) in [6.45, 7) is 1.67. The van der Waals surface area contributed by atoms with E-state index in [0.717, 1.165) is 44.5 Å². The Morgan fingerprint density at radius 1 is 1.04 bits per heavy atom. The van der Waals surface area contributed by atoms with Gasteiger partial charge in [0.25, 0.3) is 0 Å². The Kier molecular flexibility index (Phi) is 5.48. The van der Waals surface area contributed by atoms with Crippen molar-refractivity contribution in [3.8, 4) is 0 Å². The van der Waals surface area contributed by atoms with Crippen molar-refractivity contribution < 1.29 is 9.59 Å². The first-order valence-electron chi connectivity index (χ1n) is 8.53. The number of rotatable bonds is 3. The number of aromatic nitrogens is 1. The van der Waals surface area contributed by atoms with Crippen LogP contribution in [0.5, 0.6) is 0 Å². The van der Waals surface area contributed by atoms with Gasteiger partial charge < -0.3 is 10.2 Å². The van der Waals surface area contributed by atoms with Gasteiger partial charge in [0.15, 0.2) is 5.13 Å². The molecule has 1 fully saturated rings. The lowest BCUT2D eigenvalue weighted by molar-refractivity contribution is -0.130. The zero-order chi connectivity index (χ0) is 16.1. The van der Waals surface area contributed by atoms with Crippen molar-refractivity contribution >= 4 is 28.4 Å². The zero-order valence-corrected chi connectivity index (χ0v) is 14.2. The Labute approximate surface area is 140 Å². The van der Waals surface area contributed by atoms with Gasteiger partial charge >= 0.3 is 6.03 Å². The molecule has 23 heavy (non-hydrogen) atoms. The van der Waals surface area contributed by atoms with Crippen LogP contribution in [0.2, 0.25) is 0 Å². The molecule has 1 aromatic heterocycles. The lowest BCUT2D eigenvalue weighted by atomic mass is 10.1. The predicted octanol–water partition coefficient (Wildman–Crippen LogP) is 2.55. The minimum absolute atomic E-state index is 0.00484. The quantitative estimate of drug-likeness (QED) is 0.833. The van der Waals surface area contributed by atoms with E-state index in [1.807, 2.05) is 4.90 Å². The molecule has 2 heterocycles. The smallest absolute Gasteiger partial charge is 0.321 e. The van der Waals surface area contributed by atoms with E-state index in [0.29, 0.717) is 5.13 Å². The molecule has 2 aliphatic rings. The molecule has 2 N–H and O–H groups in total. The maximum absolute atomic E-state index is 12.0. The molecule has 1 aromatic rings. The fourth-order valence-corrected chi connectivity index (χ4v) is 4.18. The Hall–Kier alpha value is -1.63. The topological polar surface area (TPSA) is 74.3 Å². The summed E-state index contributed by atoms with van der Waals surface area (Å²) in [5.41, 5.74) is 1.13. The molecule has 7 heteroatoms. The summed E-state index contributed by atoms with van der Waals surface area (Å²) < 4.78 is 0. The third kappa shape index (κ3) is 4.43. The number of hydrogen-bond acceptors (Lipinski definition) is 4. The van der Waals surface area contributed by atoms with Gasteiger partial charge in [-0.3, -0.25) is 10.1 Å². The van der Waals surface area contributed by atoms with E-state index in [-0.39, 0.29) is 18.5 Å². The maximum Gasteiger partial charge on any atom is 0.321 e. The van der Waals surface area contributed by atoms with Gasteiger partial charge in [-0.2, -0.15) is 0 Å². The van der Waals surface area contributed by atoms with Gasteiger partial charge in [0, 0.05) is 18.0 Å². The number of anilines is 1. The lowest BCUT2D eigenvalue weighted by Gasteiger charge is -2.26. The van der Waals surface area contributed by atoms with Gasteiger partial charge in [-0.15, -0.1) is 11.3 Å². The fraction of sp³-hybridized carbons (Fsp3) is 0.688. The van der Waals surface area contributed by atoms with Crippen LogP contribution in [0, 0.1) is 0 Å². The largest absolute Gasteiger partial charge is 0.341 e. The minimum Gasteiger partial charge on any atom is -0.341 e. The molecule has 0 aromatic carbocycles. The summed E-state index contributed by atoms with van der Waals surface area (Å²) in [5.74, 6) is -0.00484. The first kappa shape index (κ1) is 16.2. The average Bonchev–Trinajstić information content (AvgIpc) is 2.81. The molecule has 0 bridgehead atoms. The van der Waals surface area contributed by atoms with Crippen molar-refractivity contribution in [2.45, 2.75) is 51.4 Å². The summed E-state index contributed by atoms with van der Waals surface area (Å²) in [6.07, 6.45) is 8.99. The fourth-order valence-electron chi connectivity index (χ4n) is 3.13. The minimum atomic E-state index is -0.348. The monoisotopic (exact) mass is 336 g/mol. The molecule has 0 unspecified atom stereocenters. The molecule has 1 saturated heterocycles. The zero-order valence-electron chi connectivity index (χ0n) is 13.4. The number of piperidine rings is 1. The molecule has 0 radical (unpaired) electrons. The van der Waals surface area contributed by atoms with Crippen molar-refractivity contribution in [3.05, 3.63) is 10.6 Å². The number of amides is 3. The molecule has 126 valence electrons. The number of nitrogens with one attached hydrogen (secondary N) is 2. The molecule has 3 rings (SSSR count). The van der Waals surface area contributed by atoms with Crippen LogP contribution in [0.4, 0.5) is 9.93 Å². The molecule has 1 aliphatic heterocycles. The van der Waals surface area contributed by atoms with Crippen LogP contribution in [0.3, 0.4) is 0 Å². The van der Waals surface area contributed by atoms with E-state index in [2.05, 4.69) is 15.6 Å². The van der Waals surface area contributed by atoms with Crippen molar-refractivity contribution in [2.24, 2.45) is 0 Å². The van der Waals surface area contributed by atoms with E-state index in [9.17, 15) is 9.59 Å². The number of thiazole rings is 1.